The number of hydrogen-bond acceptors (Lipinski definition) is 2. The molecular formula is C48H30BF16IO2. The molecule has 0 aromatic heterocycles. The predicted molar refractivity (Wildman–Crippen MR) is 223 cm³/mol. The molecule has 0 atom stereocenters. The lowest BCUT2D eigenvalue weighted by Crippen LogP contribution is -3.61. The van der Waals surface area contributed by atoms with E-state index in [2.05, 4.69) is 70.5 Å². The van der Waals surface area contributed by atoms with E-state index in [1.807, 2.05) is 6.07 Å². The van der Waals surface area contributed by atoms with Crippen LogP contribution in [0.15, 0.2) is 62.7 Å². The quantitative estimate of drug-likeness (QED) is 0.0532. The zero-order chi connectivity index (χ0) is 51.0. The van der Waals surface area contributed by atoms with Crippen LogP contribution in [0.5, 0.6) is 11.5 Å². The summed E-state index contributed by atoms with van der Waals surface area (Å²) in [5, 5.41) is 0. The lowest BCUT2D eigenvalue weighted by molar-refractivity contribution is -0.598. The van der Waals surface area contributed by atoms with E-state index < -0.39 is 143 Å². The highest BCUT2D eigenvalue weighted by molar-refractivity contribution is 7.20. The van der Waals surface area contributed by atoms with Crippen molar-refractivity contribution in [1.29, 1.82) is 0 Å². The van der Waals surface area contributed by atoms with Gasteiger partial charge < -0.3 is 9.47 Å². The van der Waals surface area contributed by atoms with Crippen LogP contribution in [0, 0.1) is 114 Å². The van der Waals surface area contributed by atoms with Crippen molar-refractivity contribution in [1.82, 2.24) is 0 Å². The van der Waals surface area contributed by atoms with Crippen LogP contribution < -0.4 is 52.5 Å². The molecule has 0 aliphatic rings. The van der Waals surface area contributed by atoms with Gasteiger partial charge in [-0.3, -0.25) is 0 Å². The maximum Gasteiger partial charge on any atom is 0.362 e. The SMILES string of the molecule is C=Cc1c(F)c(F)c([B-](c2c(F)c(F)c(C=C)c(F)c2F)(c2c(F)c(F)c(C=C)c(F)c2F)c2c(F)c(F)c(C=C)c(F)c2F)c(F)c1F.COc1cc(C)c([I+]c2ccc(C)cc2)c(OC)c1. The first kappa shape index (κ1) is 52.5. The molecule has 6 aromatic carbocycles. The smallest absolute Gasteiger partial charge is 0.362 e. The number of hydrogen-bond donors (Lipinski definition) is 0. The van der Waals surface area contributed by atoms with Crippen LogP contribution in [-0.2, 0) is 0 Å². The van der Waals surface area contributed by atoms with Crippen molar-refractivity contribution in [3.05, 3.63) is 196 Å². The number of halogens is 17. The predicted octanol–water partition coefficient (Wildman–Crippen LogP) is 8.31. The minimum Gasteiger partial charge on any atom is -0.497 e. The van der Waals surface area contributed by atoms with Crippen LogP contribution in [0.4, 0.5) is 70.2 Å². The van der Waals surface area contributed by atoms with E-state index in [9.17, 15) is 0 Å². The third kappa shape index (κ3) is 8.44. The molecule has 68 heavy (non-hydrogen) atoms. The van der Waals surface area contributed by atoms with E-state index >= 15 is 70.2 Å². The Kier molecular flexibility index (Phi) is 15.8. The highest BCUT2D eigenvalue weighted by Gasteiger charge is 2.51. The maximum atomic E-state index is 16.1. The molecule has 0 amide bonds. The molecule has 6 rings (SSSR count). The molecule has 0 saturated heterocycles. The summed E-state index contributed by atoms with van der Waals surface area (Å²) in [6.07, 6.45) is -6.63. The fourth-order valence-electron chi connectivity index (χ4n) is 7.56. The minimum atomic E-state index is -6.71. The zero-order valence-electron chi connectivity index (χ0n) is 35.4. The van der Waals surface area contributed by atoms with Gasteiger partial charge in [0.15, 0.2) is 55.9 Å². The van der Waals surface area contributed by atoms with E-state index in [0.29, 0.717) is 0 Å². The van der Waals surface area contributed by atoms with Gasteiger partial charge in [-0.2, -0.15) is 0 Å². The highest BCUT2D eigenvalue weighted by Crippen LogP contribution is 2.32. The Morgan fingerprint density at radius 3 is 0.926 bits per heavy atom. The summed E-state index contributed by atoms with van der Waals surface area (Å²) in [4.78, 5) is 0. The van der Waals surface area contributed by atoms with Crippen LogP contribution in [0.25, 0.3) is 24.3 Å². The van der Waals surface area contributed by atoms with Gasteiger partial charge >= 0.3 is 21.2 Å². The molecule has 356 valence electrons. The van der Waals surface area contributed by atoms with Gasteiger partial charge in [0.1, 0.15) is 58.4 Å². The number of ether oxygens (including phenoxy) is 2. The largest absolute Gasteiger partial charge is 0.497 e. The molecule has 0 radical (unpaired) electrons. The van der Waals surface area contributed by atoms with Gasteiger partial charge in [0.25, 0.3) is 0 Å². The molecule has 20 heteroatoms. The van der Waals surface area contributed by atoms with Crippen molar-refractivity contribution in [2.24, 2.45) is 0 Å². The number of aryl methyl sites for hydroxylation is 2. The lowest BCUT2D eigenvalue weighted by Gasteiger charge is -2.45. The van der Waals surface area contributed by atoms with Gasteiger partial charge in [0, 0.05) is 11.6 Å². The molecule has 0 bridgehead atoms. The monoisotopic (exact) mass is 1080 g/mol. The van der Waals surface area contributed by atoms with Crippen molar-refractivity contribution in [3.63, 3.8) is 0 Å². The third-order valence-corrected chi connectivity index (χ3v) is 14.0. The number of rotatable bonds is 12. The molecule has 0 N–H and O–H groups in total. The molecule has 0 saturated carbocycles. The van der Waals surface area contributed by atoms with E-state index in [4.69, 9.17) is 9.47 Å². The van der Waals surface area contributed by atoms with E-state index in [0.717, 1.165) is 11.5 Å². The zero-order valence-corrected chi connectivity index (χ0v) is 37.6. The average Bonchev–Trinajstić information content (AvgIpc) is 3.31. The van der Waals surface area contributed by atoms with Crippen LogP contribution in [-0.4, -0.2) is 20.4 Å². The summed E-state index contributed by atoms with van der Waals surface area (Å²) in [6, 6.07) is 12.8. The van der Waals surface area contributed by atoms with Crippen LogP contribution >= 0.6 is 0 Å². The Labute approximate surface area is 387 Å². The van der Waals surface area contributed by atoms with Crippen molar-refractivity contribution < 1.29 is 101 Å². The molecule has 6 aromatic rings. The van der Waals surface area contributed by atoms with Gasteiger partial charge in [-0.1, -0.05) is 68.3 Å². The minimum absolute atomic E-state index is 0.0213. The molecule has 0 aliphatic heterocycles. The Morgan fingerprint density at radius 1 is 0.412 bits per heavy atom. The topological polar surface area (TPSA) is 18.5 Å². The lowest BCUT2D eigenvalue weighted by atomic mass is 9.12. The third-order valence-electron chi connectivity index (χ3n) is 10.7. The second-order valence-electron chi connectivity index (χ2n) is 14.4. The first-order valence-electron chi connectivity index (χ1n) is 19.0. The van der Waals surface area contributed by atoms with Crippen molar-refractivity contribution in [2.45, 2.75) is 13.8 Å². The van der Waals surface area contributed by atoms with Crippen molar-refractivity contribution in [3.8, 4) is 11.5 Å². The van der Waals surface area contributed by atoms with Crippen molar-refractivity contribution in [2.75, 3.05) is 14.2 Å². The Bertz CT molecular complexity index is 2660. The summed E-state index contributed by atoms with van der Waals surface area (Å²) in [7, 11) is 3.40. The standard InChI is InChI=1S/C32H12BF16.C16H18IO2/c1-5-9-17(34)25(42)13(26(43)18(9)35)33(14-27(44)19(36)10(6-2)20(37)28(14)45,15-29(46)21(38)11(7-3)22(39)30(15)47)16-31(48)23(40)12(8-4)24(41)32(16)49;1-11-5-7-13(8-6-11)17-16-12(2)9-14(18-3)10-15(16)19-4/h5-8H,1-4H2;5-10H,1-4H3/q-1;+1. The van der Waals surface area contributed by atoms with Crippen LogP contribution in [0.3, 0.4) is 0 Å². The Morgan fingerprint density at radius 2 is 0.691 bits per heavy atom. The summed E-state index contributed by atoms with van der Waals surface area (Å²) >= 11 is -0.232. The molecule has 0 heterocycles. The molecule has 0 fully saturated rings. The van der Waals surface area contributed by atoms with Gasteiger partial charge in [0.2, 0.25) is 3.57 Å². The number of methoxy groups -OCH3 is 2. The Hall–Kier alpha value is -6.45. The van der Waals surface area contributed by atoms with Gasteiger partial charge in [-0.05, 0) is 32.0 Å². The Balaban J connectivity index is 0.000000377. The van der Waals surface area contributed by atoms with Crippen LogP contribution in [0.1, 0.15) is 33.4 Å². The van der Waals surface area contributed by atoms with Gasteiger partial charge in [0.05, 0.1) is 36.5 Å². The maximum absolute atomic E-state index is 16.1. The first-order valence-corrected chi connectivity index (χ1v) is 21.2. The summed E-state index contributed by atoms with van der Waals surface area (Å²) < 4.78 is 265. The molecule has 0 unspecified atom stereocenters. The van der Waals surface area contributed by atoms with Gasteiger partial charge in [-0.15, -0.1) is 21.9 Å². The van der Waals surface area contributed by atoms with E-state index in [1.165, 1.54) is 18.3 Å². The number of benzene rings is 6. The van der Waals surface area contributed by atoms with Crippen LogP contribution in [0.2, 0.25) is 0 Å². The molecule has 0 aliphatic carbocycles. The fraction of sp³-hybridized carbons (Fsp3) is 0.0833. The van der Waals surface area contributed by atoms with E-state index in [-0.39, 0.29) is 45.5 Å². The summed E-state index contributed by atoms with van der Waals surface area (Å²) in [5.41, 5.74) is -17.1. The summed E-state index contributed by atoms with van der Waals surface area (Å²) in [5.74, 6) is -45.7. The second kappa shape index (κ2) is 20.4. The molecule has 2 nitrogen and oxygen atoms in total. The van der Waals surface area contributed by atoms with E-state index in [1.54, 1.807) is 14.2 Å². The molecular weight excluding hydrogens is 1050 g/mol. The second-order valence-corrected chi connectivity index (χ2v) is 17.2. The highest BCUT2D eigenvalue weighted by atomic mass is 127. The first-order chi connectivity index (χ1) is 32.0. The summed E-state index contributed by atoms with van der Waals surface area (Å²) in [6.45, 7) is 15.5. The fourth-order valence-corrected chi connectivity index (χ4v) is 10.1. The van der Waals surface area contributed by atoms with Gasteiger partial charge in [-0.25, -0.2) is 70.2 Å². The molecule has 0 spiro atoms. The van der Waals surface area contributed by atoms with Crippen molar-refractivity contribution >= 4 is 52.3 Å². The normalized spacial score (nSPS) is 11.2. The average molecular weight is 1080 g/mol.